The molecule has 0 spiro atoms. The van der Waals surface area contributed by atoms with Crippen molar-refractivity contribution in [2.45, 2.75) is 6.54 Å². The summed E-state index contributed by atoms with van der Waals surface area (Å²) in [5, 5.41) is 12.1. The zero-order chi connectivity index (χ0) is 11.7. The molecule has 0 saturated carbocycles. The molecular weight excluding hydrogens is 236 g/mol. The Labute approximate surface area is 105 Å². The van der Waals surface area contributed by atoms with Crippen molar-refractivity contribution in [3.8, 4) is 0 Å². The van der Waals surface area contributed by atoms with E-state index >= 15 is 0 Å². The van der Waals surface area contributed by atoms with Crippen molar-refractivity contribution < 1.29 is 0 Å². The number of piperazine rings is 1. The van der Waals surface area contributed by atoms with Crippen molar-refractivity contribution in [3.63, 3.8) is 0 Å². The lowest BCUT2D eigenvalue weighted by molar-refractivity contribution is 0.234. The molecule has 17 heavy (non-hydrogen) atoms. The SMILES string of the molecule is Clc1[nH]nc2cccc(CN3CCNCC3)c12. The number of benzene rings is 1. The van der Waals surface area contributed by atoms with Gasteiger partial charge in [-0.15, -0.1) is 0 Å². The van der Waals surface area contributed by atoms with Gasteiger partial charge < -0.3 is 5.32 Å². The fraction of sp³-hybridized carbons (Fsp3) is 0.417. The first kappa shape index (κ1) is 11.0. The van der Waals surface area contributed by atoms with Crippen LogP contribution in [-0.4, -0.2) is 41.3 Å². The molecular formula is C12H15ClN4. The Bertz CT molecular complexity index is 516. The molecule has 0 radical (unpaired) electrons. The van der Waals surface area contributed by atoms with Gasteiger partial charge in [0.25, 0.3) is 0 Å². The molecule has 0 amide bonds. The number of aromatic nitrogens is 2. The Balaban J connectivity index is 1.91. The van der Waals surface area contributed by atoms with E-state index in [2.05, 4.69) is 26.5 Å². The van der Waals surface area contributed by atoms with Crippen LogP contribution < -0.4 is 5.32 Å². The second kappa shape index (κ2) is 4.64. The molecule has 1 fully saturated rings. The maximum atomic E-state index is 6.15. The molecule has 90 valence electrons. The van der Waals surface area contributed by atoms with E-state index in [1.807, 2.05) is 12.1 Å². The Hall–Kier alpha value is -1.10. The van der Waals surface area contributed by atoms with Crippen LogP contribution in [0.25, 0.3) is 10.9 Å². The van der Waals surface area contributed by atoms with E-state index < -0.39 is 0 Å². The van der Waals surface area contributed by atoms with Crippen molar-refractivity contribution in [3.05, 3.63) is 28.9 Å². The van der Waals surface area contributed by atoms with Crippen LogP contribution in [-0.2, 0) is 6.54 Å². The first-order valence-electron chi connectivity index (χ1n) is 5.89. The summed E-state index contributed by atoms with van der Waals surface area (Å²) >= 11 is 6.15. The van der Waals surface area contributed by atoms with Crippen molar-refractivity contribution in [1.29, 1.82) is 0 Å². The van der Waals surface area contributed by atoms with Crippen molar-refractivity contribution in [2.24, 2.45) is 0 Å². The van der Waals surface area contributed by atoms with Gasteiger partial charge in [-0.1, -0.05) is 23.7 Å². The maximum Gasteiger partial charge on any atom is 0.132 e. The molecule has 2 heterocycles. The largest absolute Gasteiger partial charge is 0.314 e. The number of nitrogens with one attached hydrogen (secondary N) is 2. The third kappa shape index (κ3) is 2.16. The summed E-state index contributed by atoms with van der Waals surface area (Å²) < 4.78 is 0. The van der Waals surface area contributed by atoms with Crippen LogP contribution in [0.4, 0.5) is 0 Å². The molecule has 1 aliphatic rings. The van der Waals surface area contributed by atoms with Gasteiger partial charge in [-0.25, -0.2) is 0 Å². The van der Waals surface area contributed by atoms with Gasteiger partial charge in [0.1, 0.15) is 5.15 Å². The molecule has 0 bridgehead atoms. The second-order valence-corrected chi connectivity index (χ2v) is 4.75. The molecule has 1 aliphatic heterocycles. The van der Waals surface area contributed by atoms with E-state index in [0.717, 1.165) is 43.6 Å². The molecule has 1 aromatic carbocycles. The summed E-state index contributed by atoms with van der Waals surface area (Å²) in [5.74, 6) is 0. The molecule has 4 nitrogen and oxygen atoms in total. The van der Waals surface area contributed by atoms with Crippen LogP contribution in [0.1, 0.15) is 5.56 Å². The van der Waals surface area contributed by atoms with E-state index in [0.29, 0.717) is 5.15 Å². The number of halogens is 1. The van der Waals surface area contributed by atoms with Crippen molar-refractivity contribution >= 4 is 22.5 Å². The van der Waals surface area contributed by atoms with Gasteiger partial charge in [0.15, 0.2) is 0 Å². The molecule has 0 unspecified atom stereocenters. The third-order valence-electron chi connectivity index (χ3n) is 3.23. The van der Waals surface area contributed by atoms with Crippen LogP contribution in [0.3, 0.4) is 0 Å². The van der Waals surface area contributed by atoms with Crippen molar-refractivity contribution in [2.75, 3.05) is 26.2 Å². The summed E-state index contributed by atoms with van der Waals surface area (Å²) in [6, 6.07) is 6.15. The van der Waals surface area contributed by atoms with Gasteiger partial charge in [-0.3, -0.25) is 10.00 Å². The quantitative estimate of drug-likeness (QED) is 0.852. The van der Waals surface area contributed by atoms with Gasteiger partial charge >= 0.3 is 0 Å². The number of fused-ring (bicyclic) bond motifs is 1. The Morgan fingerprint density at radius 1 is 1.29 bits per heavy atom. The summed E-state index contributed by atoms with van der Waals surface area (Å²) in [7, 11) is 0. The maximum absolute atomic E-state index is 6.15. The molecule has 1 aromatic heterocycles. The second-order valence-electron chi connectivity index (χ2n) is 4.37. The zero-order valence-electron chi connectivity index (χ0n) is 9.54. The lowest BCUT2D eigenvalue weighted by Crippen LogP contribution is -2.42. The highest BCUT2D eigenvalue weighted by molar-refractivity contribution is 6.34. The van der Waals surface area contributed by atoms with E-state index in [1.165, 1.54) is 5.56 Å². The van der Waals surface area contributed by atoms with Crippen LogP contribution in [0, 0.1) is 0 Å². The summed E-state index contributed by atoms with van der Waals surface area (Å²) in [5.41, 5.74) is 2.20. The van der Waals surface area contributed by atoms with Gasteiger partial charge in [-0.2, -0.15) is 5.10 Å². The normalized spacial score (nSPS) is 17.7. The smallest absolute Gasteiger partial charge is 0.132 e. The minimum Gasteiger partial charge on any atom is -0.314 e. The summed E-state index contributed by atoms with van der Waals surface area (Å²) in [4.78, 5) is 2.44. The minimum atomic E-state index is 0.644. The third-order valence-corrected chi connectivity index (χ3v) is 3.50. The van der Waals surface area contributed by atoms with Gasteiger partial charge in [0, 0.05) is 38.1 Å². The zero-order valence-corrected chi connectivity index (χ0v) is 10.3. The fourth-order valence-corrected chi connectivity index (χ4v) is 2.60. The average Bonchev–Trinajstić information content (AvgIpc) is 2.74. The molecule has 5 heteroatoms. The number of hydrogen-bond acceptors (Lipinski definition) is 3. The lowest BCUT2D eigenvalue weighted by Gasteiger charge is -2.27. The van der Waals surface area contributed by atoms with E-state index in [9.17, 15) is 0 Å². The highest BCUT2D eigenvalue weighted by atomic mass is 35.5. The van der Waals surface area contributed by atoms with E-state index in [-0.39, 0.29) is 0 Å². The monoisotopic (exact) mass is 250 g/mol. The standard InChI is InChI=1S/C12H15ClN4/c13-12-11-9(2-1-3-10(11)15-16-12)8-17-6-4-14-5-7-17/h1-3,14H,4-8H2,(H,15,16). The van der Waals surface area contributed by atoms with Gasteiger partial charge in [0.2, 0.25) is 0 Å². The summed E-state index contributed by atoms with van der Waals surface area (Å²) in [6.45, 7) is 5.25. The topological polar surface area (TPSA) is 44.0 Å². The number of nitrogens with zero attached hydrogens (tertiary/aromatic N) is 2. The fourth-order valence-electron chi connectivity index (χ4n) is 2.34. The molecule has 2 aromatic rings. The van der Waals surface area contributed by atoms with Gasteiger partial charge in [0.05, 0.1) is 5.52 Å². The number of aromatic amines is 1. The molecule has 0 atom stereocenters. The van der Waals surface area contributed by atoms with Gasteiger partial charge in [-0.05, 0) is 11.6 Å². The van der Waals surface area contributed by atoms with Crippen LogP contribution >= 0.6 is 11.6 Å². The van der Waals surface area contributed by atoms with Crippen LogP contribution in [0.15, 0.2) is 18.2 Å². The highest BCUT2D eigenvalue weighted by Gasteiger charge is 2.13. The van der Waals surface area contributed by atoms with Crippen molar-refractivity contribution in [1.82, 2.24) is 20.4 Å². The lowest BCUT2D eigenvalue weighted by atomic mass is 10.1. The van der Waals surface area contributed by atoms with E-state index in [4.69, 9.17) is 11.6 Å². The molecule has 2 N–H and O–H groups in total. The predicted molar refractivity (Wildman–Crippen MR) is 69.3 cm³/mol. The summed E-state index contributed by atoms with van der Waals surface area (Å²) in [6.07, 6.45) is 0. The number of hydrogen-bond donors (Lipinski definition) is 2. The molecule has 0 aliphatic carbocycles. The highest BCUT2D eigenvalue weighted by Crippen LogP contribution is 2.25. The molecule has 3 rings (SSSR count). The van der Waals surface area contributed by atoms with E-state index in [1.54, 1.807) is 0 Å². The first-order valence-corrected chi connectivity index (χ1v) is 6.27. The molecule has 1 saturated heterocycles. The first-order chi connectivity index (χ1) is 8.34. The van der Waals surface area contributed by atoms with Crippen LogP contribution in [0.2, 0.25) is 5.15 Å². The van der Waals surface area contributed by atoms with Crippen LogP contribution in [0.5, 0.6) is 0 Å². The number of rotatable bonds is 2. The predicted octanol–water partition coefficient (Wildman–Crippen LogP) is 1.62. The Morgan fingerprint density at radius 2 is 2.12 bits per heavy atom. The average molecular weight is 251 g/mol. The Morgan fingerprint density at radius 3 is 2.94 bits per heavy atom. The Kier molecular flexibility index (Phi) is 3.01. The number of H-pyrrole nitrogens is 1. The minimum absolute atomic E-state index is 0.644.